The number of likely N-dealkylation sites (tertiary alicyclic amines) is 2. The maximum absolute atomic E-state index is 14.1. The van der Waals surface area contributed by atoms with E-state index in [-0.39, 0.29) is 48.1 Å². The van der Waals surface area contributed by atoms with Crippen LogP contribution >= 0.6 is 0 Å². The second kappa shape index (κ2) is 10.2. The lowest BCUT2D eigenvalue weighted by Crippen LogP contribution is -2.55. The van der Waals surface area contributed by atoms with Gasteiger partial charge in [-0.1, -0.05) is 13.8 Å². The first kappa shape index (κ1) is 28.6. The van der Waals surface area contributed by atoms with Gasteiger partial charge in [-0.25, -0.2) is 0 Å². The Hall–Kier alpha value is -3.89. The Kier molecular flexibility index (Phi) is 7.11. The van der Waals surface area contributed by atoms with Gasteiger partial charge in [-0.15, -0.1) is 0 Å². The number of nitrogens with one attached hydrogen (secondary N) is 1. The van der Waals surface area contributed by atoms with Crippen molar-refractivity contribution in [2.24, 2.45) is 11.8 Å². The van der Waals surface area contributed by atoms with Crippen LogP contribution in [-0.2, 0) is 15.8 Å². The number of carbonyl (C=O) groups is 4. The number of fused-ring (bicyclic) bond motifs is 1. The highest BCUT2D eigenvalue weighted by molar-refractivity contribution is 6.05. The fraction of sp³-hybridized carbons (Fsp3) is 0.467. The molecule has 8 nitrogen and oxygen atoms in total. The average Bonchev–Trinajstić information content (AvgIpc) is 3.34. The van der Waals surface area contributed by atoms with E-state index in [1.165, 1.54) is 9.80 Å². The summed E-state index contributed by atoms with van der Waals surface area (Å²) in [5.41, 5.74) is -0.626. The molecule has 0 bridgehead atoms. The van der Waals surface area contributed by atoms with Crippen molar-refractivity contribution in [2.75, 3.05) is 32.1 Å². The van der Waals surface area contributed by atoms with E-state index in [0.29, 0.717) is 18.4 Å². The zero-order valence-corrected chi connectivity index (χ0v) is 23.4. The quantitative estimate of drug-likeness (QED) is 0.573. The van der Waals surface area contributed by atoms with Crippen LogP contribution in [-0.4, -0.2) is 78.1 Å². The van der Waals surface area contributed by atoms with E-state index in [0.717, 1.165) is 30.0 Å². The molecule has 1 saturated carbocycles. The molecular weight excluding hydrogens is 537 g/mol. The summed E-state index contributed by atoms with van der Waals surface area (Å²) in [5.74, 6) is -1.57. The summed E-state index contributed by atoms with van der Waals surface area (Å²) in [6, 6.07) is 9.49. The third-order valence-electron chi connectivity index (χ3n) is 8.59. The third kappa shape index (κ3) is 5.06. The highest BCUT2D eigenvalue weighted by Crippen LogP contribution is 2.51. The molecule has 1 N–H and O–H groups in total. The minimum atomic E-state index is -4.53. The van der Waals surface area contributed by atoms with Crippen LogP contribution in [0.2, 0.25) is 0 Å². The van der Waals surface area contributed by atoms with Gasteiger partial charge < -0.3 is 20.0 Å². The Morgan fingerprint density at radius 2 is 1.59 bits per heavy atom. The van der Waals surface area contributed by atoms with Gasteiger partial charge in [0.05, 0.1) is 18.2 Å². The summed E-state index contributed by atoms with van der Waals surface area (Å²) in [6.07, 6.45) is -3.72. The smallest absolute Gasteiger partial charge is 0.378 e. The van der Waals surface area contributed by atoms with Crippen molar-refractivity contribution in [3.63, 3.8) is 0 Å². The molecule has 2 saturated heterocycles. The van der Waals surface area contributed by atoms with Crippen LogP contribution < -0.4 is 10.2 Å². The number of amides is 3. The minimum absolute atomic E-state index is 0.0438. The average molecular weight is 571 g/mol. The first-order valence-corrected chi connectivity index (χ1v) is 13.7. The molecule has 1 aliphatic carbocycles. The largest absolute Gasteiger partial charge is 0.416 e. The molecule has 2 unspecified atom stereocenters. The van der Waals surface area contributed by atoms with Gasteiger partial charge in [0.1, 0.15) is 11.6 Å². The van der Waals surface area contributed by atoms with Gasteiger partial charge in [-0.05, 0) is 73.2 Å². The number of Topliss-reactive ketones (excluding diaryl/α,β-unsaturated/α-hetero) is 1. The standard InChI is InChI=1S/C30H33F3N4O4/c1-17(2)22-15-29(22,34-26(39)18-7-11-21(12-8-18)35(3)4)28(41)36-14-13-23-25(36)24(38)16-37(23)27(40)19-5-9-20(10-6-19)30(31,32)33/h5-12,17,22-23,25H,13-16H2,1-4H3,(H,34,39)/t22?,23-,25+,29?/m1/s1. The molecule has 2 aromatic carbocycles. The van der Waals surface area contributed by atoms with Gasteiger partial charge in [0.15, 0.2) is 5.78 Å². The highest BCUT2D eigenvalue weighted by atomic mass is 19.4. The van der Waals surface area contributed by atoms with E-state index in [1.807, 2.05) is 45.0 Å². The predicted molar refractivity (Wildman–Crippen MR) is 145 cm³/mol. The zero-order valence-electron chi connectivity index (χ0n) is 23.4. The van der Waals surface area contributed by atoms with Gasteiger partial charge in [0.2, 0.25) is 5.91 Å². The van der Waals surface area contributed by atoms with Crippen molar-refractivity contribution in [1.29, 1.82) is 0 Å². The Morgan fingerprint density at radius 3 is 2.12 bits per heavy atom. The normalized spacial score (nSPS) is 25.4. The third-order valence-corrected chi connectivity index (χ3v) is 8.59. The Balaban J connectivity index is 1.34. The molecular formula is C30H33F3N4O4. The highest BCUT2D eigenvalue weighted by Gasteiger charge is 2.65. The summed E-state index contributed by atoms with van der Waals surface area (Å²) in [6.45, 7) is 3.96. The number of carbonyl (C=O) groups excluding carboxylic acids is 4. The number of nitrogens with zero attached hydrogens (tertiary/aromatic N) is 3. The van der Waals surface area contributed by atoms with Crippen molar-refractivity contribution in [1.82, 2.24) is 15.1 Å². The van der Waals surface area contributed by atoms with Crippen molar-refractivity contribution >= 4 is 29.2 Å². The van der Waals surface area contributed by atoms with Crippen molar-refractivity contribution in [3.8, 4) is 0 Å². The SMILES string of the molecule is CC(C)C1CC1(NC(=O)c1ccc(N(C)C)cc1)C(=O)N1CC[C@@H]2[C@H]1C(=O)CN2C(=O)c1ccc(C(F)(F)F)cc1. The van der Waals surface area contributed by atoms with Gasteiger partial charge in [-0.2, -0.15) is 13.2 Å². The van der Waals surface area contributed by atoms with E-state index in [4.69, 9.17) is 0 Å². The topological polar surface area (TPSA) is 90.0 Å². The number of halogens is 3. The van der Waals surface area contributed by atoms with Crippen LogP contribution in [0.4, 0.5) is 18.9 Å². The molecule has 2 heterocycles. The summed E-state index contributed by atoms with van der Waals surface area (Å²) < 4.78 is 38.9. The number of alkyl halides is 3. The molecule has 41 heavy (non-hydrogen) atoms. The number of rotatable bonds is 6. The summed E-state index contributed by atoms with van der Waals surface area (Å²) in [7, 11) is 3.79. The van der Waals surface area contributed by atoms with Gasteiger partial charge in [0, 0.05) is 37.5 Å². The lowest BCUT2D eigenvalue weighted by Gasteiger charge is -2.30. The molecule has 0 radical (unpaired) electrons. The molecule has 2 aliphatic heterocycles. The summed E-state index contributed by atoms with van der Waals surface area (Å²) in [4.78, 5) is 58.5. The molecule has 11 heteroatoms. The van der Waals surface area contributed by atoms with Crippen LogP contribution in [0.3, 0.4) is 0 Å². The first-order valence-electron chi connectivity index (χ1n) is 13.7. The van der Waals surface area contributed by atoms with Crippen molar-refractivity contribution in [3.05, 3.63) is 65.2 Å². The zero-order chi connectivity index (χ0) is 29.9. The van der Waals surface area contributed by atoms with Crippen molar-refractivity contribution < 1.29 is 32.3 Å². The number of hydrogen-bond acceptors (Lipinski definition) is 5. The van der Waals surface area contributed by atoms with Crippen LogP contribution in [0.15, 0.2) is 48.5 Å². The van der Waals surface area contributed by atoms with E-state index in [1.54, 1.807) is 12.1 Å². The van der Waals surface area contributed by atoms with E-state index >= 15 is 0 Å². The van der Waals surface area contributed by atoms with E-state index < -0.39 is 35.3 Å². The monoisotopic (exact) mass is 570 g/mol. The maximum atomic E-state index is 14.1. The first-order chi connectivity index (χ1) is 19.2. The van der Waals surface area contributed by atoms with Gasteiger partial charge in [0.25, 0.3) is 11.8 Å². The van der Waals surface area contributed by atoms with Crippen LogP contribution in [0.5, 0.6) is 0 Å². The molecule has 3 amide bonds. The van der Waals surface area contributed by atoms with Gasteiger partial charge in [-0.3, -0.25) is 19.2 Å². The lowest BCUT2D eigenvalue weighted by atomic mass is 10.0. The van der Waals surface area contributed by atoms with Crippen molar-refractivity contribution in [2.45, 2.75) is 50.5 Å². The van der Waals surface area contributed by atoms with E-state index in [2.05, 4.69) is 5.32 Å². The molecule has 5 rings (SSSR count). The maximum Gasteiger partial charge on any atom is 0.416 e. The predicted octanol–water partition coefficient (Wildman–Crippen LogP) is 3.61. The number of anilines is 1. The second-order valence-electron chi connectivity index (χ2n) is 11.7. The fourth-order valence-corrected chi connectivity index (χ4v) is 6.27. The van der Waals surface area contributed by atoms with Crippen LogP contribution in [0.1, 0.15) is 53.0 Å². The summed E-state index contributed by atoms with van der Waals surface area (Å²) in [5, 5.41) is 2.98. The van der Waals surface area contributed by atoms with Crippen LogP contribution in [0, 0.1) is 11.8 Å². The molecule has 3 aliphatic rings. The Morgan fingerprint density at radius 1 is 0.976 bits per heavy atom. The molecule has 2 aromatic rings. The Labute approximate surface area is 236 Å². The van der Waals surface area contributed by atoms with E-state index in [9.17, 15) is 32.3 Å². The molecule has 218 valence electrons. The number of benzene rings is 2. The van der Waals surface area contributed by atoms with Gasteiger partial charge >= 0.3 is 6.18 Å². The molecule has 0 aromatic heterocycles. The molecule has 3 fully saturated rings. The fourth-order valence-electron chi connectivity index (χ4n) is 6.27. The van der Waals surface area contributed by atoms with Crippen LogP contribution in [0.25, 0.3) is 0 Å². The molecule has 4 atom stereocenters. The number of ketones is 1. The Bertz CT molecular complexity index is 1370. The second-order valence-corrected chi connectivity index (χ2v) is 11.7. The lowest BCUT2D eigenvalue weighted by molar-refractivity contribution is -0.139. The minimum Gasteiger partial charge on any atom is -0.378 e. The molecule has 0 spiro atoms. The number of hydrogen-bond donors (Lipinski definition) is 1. The summed E-state index contributed by atoms with van der Waals surface area (Å²) >= 11 is 0.